The molecule has 2 N–H and O–H groups in total. The Hall–Kier alpha value is -3.15. The lowest BCUT2D eigenvalue weighted by molar-refractivity contribution is -0.142. The van der Waals surface area contributed by atoms with Crippen LogP contribution in [0.4, 0.5) is 4.79 Å². The Labute approximate surface area is 165 Å². The van der Waals surface area contributed by atoms with E-state index in [2.05, 4.69) is 4.28 Å². The summed E-state index contributed by atoms with van der Waals surface area (Å²) in [5, 5.41) is 10.1. The summed E-state index contributed by atoms with van der Waals surface area (Å²) in [5.74, 6) is -0.993. The quantitative estimate of drug-likeness (QED) is 0.677. The molecule has 4 rings (SSSR count). The van der Waals surface area contributed by atoms with Gasteiger partial charge in [0.05, 0.1) is 6.54 Å². The Balaban J connectivity index is 1.76. The summed E-state index contributed by atoms with van der Waals surface area (Å²) in [4.78, 5) is 25.4. The number of rotatable bonds is 6. The van der Waals surface area contributed by atoms with E-state index in [1.165, 1.54) is 6.07 Å². The minimum absolute atomic E-state index is 0.135. The molecule has 0 aromatic heterocycles. The van der Waals surface area contributed by atoms with Crippen molar-refractivity contribution < 1.29 is 36.7 Å². The molecule has 0 spiro atoms. The number of carbonyl (C=O) groups is 2. The molecular weight excluding hydrogens is 404 g/mol. The molecule has 0 unspecified atom stereocenters. The van der Waals surface area contributed by atoms with E-state index in [0.717, 1.165) is 10.5 Å². The highest BCUT2D eigenvalue weighted by atomic mass is 32.3. The van der Waals surface area contributed by atoms with Gasteiger partial charge in [-0.3, -0.25) is 4.55 Å². The summed E-state index contributed by atoms with van der Waals surface area (Å²) in [6, 6.07) is 10.7. The summed E-state index contributed by atoms with van der Waals surface area (Å²) in [5.41, 5.74) is 1.47. The second kappa shape index (κ2) is 7.03. The highest BCUT2D eigenvalue weighted by Gasteiger charge is 2.53. The van der Waals surface area contributed by atoms with Gasteiger partial charge < -0.3 is 14.7 Å². The number of hydroxylamine groups is 2. The van der Waals surface area contributed by atoms with Gasteiger partial charge in [0.2, 0.25) is 0 Å². The molecule has 0 aliphatic carbocycles. The van der Waals surface area contributed by atoms with Crippen LogP contribution in [0, 0.1) is 0 Å². The van der Waals surface area contributed by atoms with Gasteiger partial charge in [-0.1, -0.05) is 42.5 Å². The van der Waals surface area contributed by atoms with Crippen molar-refractivity contribution >= 4 is 22.4 Å². The topological polar surface area (TPSA) is 134 Å². The largest absolute Gasteiger partial charge is 0.489 e. The van der Waals surface area contributed by atoms with Crippen LogP contribution in [0.3, 0.4) is 0 Å². The molecule has 2 aromatic carbocycles. The van der Waals surface area contributed by atoms with Gasteiger partial charge in [-0.25, -0.2) is 9.59 Å². The first kappa shape index (κ1) is 19.2. The maximum absolute atomic E-state index is 12.6. The average Bonchev–Trinajstić information content (AvgIpc) is 2.92. The van der Waals surface area contributed by atoms with E-state index in [1.54, 1.807) is 12.1 Å². The first-order valence-electron chi connectivity index (χ1n) is 8.55. The van der Waals surface area contributed by atoms with E-state index >= 15 is 0 Å². The van der Waals surface area contributed by atoms with Crippen molar-refractivity contribution in [3.05, 3.63) is 65.2 Å². The molecule has 2 amide bonds. The van der Waals surface area contributed by atoms with Gasteiger partial charge in [0.15, 0.2) is 6.04 Å². The van der Waals surface area contributed by atoms with E-state index in [9.17, 15) is 23.1 Å². The van der Waals surface area contributed by atoms with Gasteiger partial charge >= 0.3 is 22.4 Å². The number of carbonyl (C=O) groups excluding carboxylic acids is 1. The normalized spacial score (nSPS) is 20.5. The minimum atomic E-state index is -5.00. The van der Waals surface area contributed by atoms with E-state index in [4.69, 9.17) is 9.29 Å². The van der Waals surface area contributed by atoms with Crippen molar-refractivity contribution in [1.82, 2.24) is 9.96 Å². The standard InChI is InChI=1S/C18H16N2O8S/c21-17(22)16-12-7-4-8-14(27-10-11-5-2-1-3-6-11)15(12)13-9-19(16)18(23)20(13)28-29(24,25)26/h1-8,13,16H,9-10H2,(H,21,22)(H,24,25,26)/t13-,16+/m0/s1. The third-order valence-electron chi connectivity index (χ3n) is 4.77. The van der Waals surface area contributed by atoms with Gasteiger partial charge in [0, 0.05) is 5.56 Å². The smallest absolute Gasteiger partial charge is 0.418 e. The molecule has 10 nitrogen and oxygen atoms in total. The van der Waals surface area contributed by atoms with Crippen LogP contribution in [0.2, 0.25) is 0 Å². The van der Waals surface area contributed by atoms with Crippen LogP contribution in [0.15, 0.2) is 48.5 Å². The number of carboxylic acids is 1. The Morgan fingerprint density at radius 1 is 1.14 bits per heavy atom. The van der Waals surface area contributed by atoms with Crippen molar-refractivity contribution in [2.24, 2.45) is 0 Å². The SMILES string of the molecule is O=C(O)[C@H]1c2cccc(OCc3ccccc3)c2[C@@H]2CN1C(=O)N2OS(=O)(=O)O. The van der Waals surface area contributed by atoms with E-state index in [1.807, 2.05) is 30.3 Å². The van der Waals surface area contributed by atoms with Gasteiger partial charge in [0.1, 0.15) is 18.4 Å². The van der Waals surface area contributed by atoms with Gasteiger partial charge in [0.25, 0.3) is 0 Å². The Kier molecular flexibility index (Phi) is 4.65. The van der Waals surface area contributed by atoms with Crippen LogP contribution in [-0.2, 0) is 26.1 Å². The predicted molar refractivity (Wildman–Crippen MR) is 96.9 cm³/mol. The number of hydrogen-bond donors (Lipinski definition) is 2. The molecule has 2 atom stereocenters. The molecule has 1 saturated heterocycles. The van der Waals surface area contributed by atoms with Crippen molar-refractivity contribution in [2.45, 2.75) is 18.7 Å². The molecule has 2 aliphatic rings. The average molecular weight is 420 g/mol. The monoisotopic (exact) mass is 420 g/mol. The lowest BCUT2D eigenvalue weighted by atomic mass is 9.90. The van der Waals surface area contributed by atoms with Crippen LogP contribution in [0.25, 0.3) is 0 Å². The van der Waals surface area contributed by atoms with Crippen LogP contribution in [0.1, 0.15) is 28.8 Å². The zero-order chi connectivity index (χ0) is 20.8. The fraction of sp³-hybridized carbons (Fsp3) is 0.222. The number of amides is 2. The predicted octanol–water partition coefficient (Wildman–Crippen LogP) is 1.92. The van der Waals surface area contributed by atoms with Crippen molar-refractivity contribution in [3.8, 4) is 5.75 Å². The zero-order valence-corrected chi connectivity index (χ0v) is 15.7. The molecular formula is C18H16N2O8S. The summed E-state index contributed by atoms with van der Waals surface area (Å²) >= 11 is 0. The third kappa shape index (κ3) is 3.50. The second-order valence-electron chi connectivity index (χ2n) is 6.55. The molecule has 11 heteroatoms. The lowest BCUT2D eigenvalue weighted by Gasteiger charge is -2.31. The number of nitrogens with zero attached hydrogens (tertiary/aromatic N) is 2. The fourth-order valence-corrected chi connectivity index (χ4v) is 4.03. The van der Waals surface area contributed by atoms with E-state index in [-0.39, 0.29) is 18.7 Å². The molecule has 29 heavy (non-hydrogen) atoms. The number of fused-ring (bicyclic) bond motifs is 4. The fourth-order valence-electron chi connectivity index (χ4n) is 3.66. The van der Waals surface area contributed by atoms with Crippen LogP contribution in [-0.4, -0.2) is 46.6 Å². The molecule has 2 bridgehead atoms. The minimum Gasteiger partial charge on any atom is -0.489 e. The number of aliphatic carboxylic acids is 1. The van der Waals surface area contributed by atoms with Crippen molar-refractivity contribution in [2.75, 3.05) is 6.54 Å². The number of urea groups is 1. The maximum Gasteiger partial charge on any atom is 0.418 e. The highest BCUT2D eigenvalue weighted by Crippen LogP contribution is 2.47. The number of benzene rings is 2. The zero-order valence-electron chi connectivity index (χ0n) is 14.8. The first-order chi connectivity index (χ1) is 13.8. The number of hydrogen-bond acceptors (Lipinski definition) is 6. The summed E-state index contributed by atoms with van der Waals surface area (Å²) in [6.07, 6.45) is 0. The molecule has 2 aliphatic heterocycles. The molecule has 0 radical (unpaired) electrons. The lowest BCUT2D eigenvalue weighted by Crippen LogP contribution is -2.38. The van der Waals surface area contributed by atoms with E-state index in [0.29, 0.717) is 16.4 Å². The van der Waals surface area contributed by atoms with E-state index < -0.39 is 34.5 Å². The summed E-state index contributed by atoms with van der Waals surface area (Å²) in [7, 11) is -5.00. The maximum atomic E-state index is 12.6. The summed E-state index contributed by atoms with van der Waals surface area (Å²) in [6.45, 7) is 0.0442. The Morgan fingerprint density at radius 3 is 2.52 bits per heavy atom. The molecule has 0 saturated carbocycles. The molecule has 1 fully saturated rings. The Bertz CT molecular complexity index is 1070. The Morgan fingerprint density at radius 2 is 1.86 bits per heavy atom. The van der Waals surface area contributed by atoms with Gasteiger partial charge in [-0.05, 0) is 17.2 Å². The molecule has 152 valence electrons. The van der Waals surface area contributed by atoms with Crippen molar-refractivity contribution in [3.63, 3.8) is 0 Å². The highest BCUT2D eigenvalue weighted by molar-refractivity contribution is 7.80. The van der Waals surface area contributed by atoms with Gasteiger partial charge in [-0.15, -0.1) is 4.28 Å². The van der Waals surface area contributed by atoms with Gasteiger partial charge in [-0.2, -0.15) is 13.5 Å². The van der Waals surface area contributed by atoms with Crippen molar-refractivity contribution in [1.29, 1.82) is 0 Å². The summed E-state index contributed by atoms with van der Waals surface area (Å²) < 4.78 is 41.8. The van der Waals surface area contributed by atoms with Crippen LogP contribution in [0.5, 0.6) is 5.75 Å². The second-order valence-corrected chi connectivity index (χ2v) is 7.56. The third-order valence-corrected chi connectivity index (χ3v) is 5.12. The number of ether oxygens (including phenoxy) is 1. The van der Waals surface area contributed by atoms with Crippen LogP contribution < -0.4 is 4.74 Å². The molecule has 2 heterocycles. The number of carboxylic acid groups (broad SMARTS) is 1. The first-order valence-corrected chi connectivity index (χ1v) is 9.92. The molecule has 2 aromatic rings. The van der Waals surface area contributed by atoms with Crippen LogP contribution >= 0.6 is 0 Å².